The van der Waals surface area contributed by atoms with Crippen LogP contribution in [0.15, 0.2) is 85.2 Å². The van der Waals surface area contributed by atoms with E-state index in [1.165, 1.54) is 12.1 Å². The maximum atomic E-state index is 13.3. The Morgan fingerprint density at radius 1 is 0.938 bits per heavy atom. The number of anilines is 2. The Hall–Kier alpha value is -3.48. The maximum Gasteiger partial charge on any atom is 0.151 e. The Kier molecular flexibility index (Phi) is 5.71. The van der Waals surface area contributed by atoms with E-state index in [2.05, 4.69) is 33.5 Å². The molecule has 0 spiro atoms. The van der Waals surface area contributed by atoms with Crippen molar-refractivity contribution in [3.63, 3.8) is 0 Å². The van der Waals surface area contributed by atoms with E-state index in [0.717, 1.165) is 31.9 Å². The molecule has 0 amide bonds. The van der Waals surface area contributed by atoms with E-state index in [-0.39, 0.29) is 12.4 Å². The van der Waals surface area contributed by atoms with Crippen molar-refractivity contribution in [2.75, 3.05) is 5.32 Å². The highest BCUT2D eigenvalue weighted by Crippen LogP contribution is 2.37. The Morgan fingerprint density at radius 2 is 1.81 bits per heavy atom. The van der Waals surface area contributed by atoms with Crippen LogP contribution in [-0.4, -0.2) is 9.97 Å². The van der Waals surface area contributed by atoms with Crippen LogP contribution in [-0.2, 0) is 6.61 Å². The average molecular weight is 462 g/mol. The second-order valence-corrected chi connectivity index (χ2v) is 8.56. The van der Waals surface area contributed by atoms with Gasteiger partial charge in [0.25, 0.3) is 0 Å². The maximum absolute atomic E-state index is 13.3. The molecule has 0 saturated heterocycles. The summed E-state index contributed by atoms with van der Waals surface area (Å²) in [5.74, 6) is 0.945. The van der Waals surface area contributed by atoms with Crippen molar-refractivity contribution in [1.82, 2.24) is 9.97 Å². The third-order valence-electron chi connectivity index (χ3n) is 4.85. The summed E-state index contributed by atoms with van der Waals surface area (Å²) in [5, 5.41) is 3.78. The lowest BCUT2D eigenvalue weighted by Gasteiger charge is -2.11. The zero-order chi connectivity index (χ0) is 21.9. The van der Waals surface area contributed by atoms with Crippen molar-refractivity contribution in [2.24, 2.45) is 0 Å². The summed E-state index contributed by atoms with van der Waals surface area (Å²) < 4.78 is 20.1. The minimum Gasteiger partial charge on any atom is -0.487 e. The van der Waals surface area contributed by atoms with Crippen molar-refractivity contribution >= 4 is 44.7 Å². The first kappa shape index (κ1) is 20.4. The molecular formula is C25H17ClFN3OS. The third kappa shape index (κ3) is 4.42. The van der Waals surface area contributed by atoms with Crippen molar-refractivity contribution in [2.45, 2.75) is 6.61 Å². The molecule has 158 valence electrons. The SMILES string of the molecule is Fc1cccc(COc2ccc(Nc3ncnc4cc(-c5ccccc5)sc34)cc2Cl)c1. The van der Waals surface area contributed by atoms with Crippen LogP contribution in [0.4, 0.5) is 15.9 Å². The van der Waals surface area contributed by atoms with Crippen LogP contribution >= 0.6 is 22.9 Å². The number of fused-ring (bicyclic) bond motifs is 1. The Morgan fingerprint density at radius 3 is 2.62 bits per heavy atom. The number of ether oxygens (including phenoxy) is 1. The summed E-state index contributed by atoms with van der Waals surface area (Å²) in [6.45, 7) is 0.230. The zero-order valence-corrected chi connectivity index (χ0v) is 18.3. The van der Waals surface area contributed by atoms with E-state index in [1.54, 1.807) is 41.9 Å². The lowest BCUT2D eigenvalue weighted by molar-refractivity contribution is 0.306. The van der Waals surface area contributed by atoms with Gasteiger partial charge in [0.15, 0.2) is 5.82 Å². The van der Waals surface area contributed by atoms with E-state index in [1.807, 2.05) is 24.3 Å². The molecular weight excluding hydrogens is 445 g/mol. The number of nitrogens with one attached hydrogen (secondary N) is 1. The van der Waals surface area contributed by atoms with Gasteiger partial charge >= 0.3 is 0 Å². The molecule has 7 heteroatoms. The Labute approximate surface area is 193 Å². The molecule has 0 fully saturated rings. The molecule has 0 aliphatic rings. The standard InChI is InChI=1S/C25H17ClFN3OS/c26-20-12-19(9-10-22(20)31-14-16-5-4-8-18(27)11-16)30-25-24-21(28-15-29-25)13-23(32-24)17-6-2-1-3-7-17/h1-13,15H,14H2,(H,28,29,30). The lowest BCUT2D eigenvalue weighted by Crippen LogP contribution is -1.98. The van der Waals surface area contributed by atoms with E-state index in [4.69, 9.17) is 16.3 Å². The Bertz CT molecular complexity index is 1390. The summed E-state index contributed by atoms with van der Waals surface area (Å²) in [7, 11) is 0. The molecule has 4 nitrogen and oxygen atoms in total. The second-order valence-electron chi connectivity index (χ2n) is 7.10. The van der Waals surface area contributed by atoms with E-state index in [9.17, 15) is 4.39 Å². The molecule has 2 heterocycles. The van der Waals surface area contributed by atoms with Crippen molar-refractivity contribution in [3.05, 3.63) is 102 Å². The van der Waals surface area contributed by atoms with Crippen molar-refractivity contribution in [3.8, 4) is 16.2 Å². The summed E-state index contributed by atoms with van der Waals surface area (Å²) in [4.78, 5) is 9.96. The first-order valence-corrected chi connectivity index (χ1v) is 11.1. The molecule has 0 aliphatic heterocycles. The number of hydrogen-bond acceptors (Lipinski definition) is 5. The number of nitrogens with zero attached hydrogens (tertiary/aromatic N) is 2. The molecule has 0 radical (unpaired) electrons. The number of rotatable bonds is 6. The van der Waals surface area contributed by atoms with Gasteiger partial charge < -0.3 is 10.1 Å². The van der Waals surface area contributed by atoms with E-state index < -0.39 is 0 Å². The highest BCUT2D eigenvalue weighted by Gasteiger charge is 2.12. The molecule has 2 aromatic heterocycles. The van der Waals surface area contributed by atoms with Crippen LogP contribution in [0.1, 0.15) is 5.56 Å². The van der Waals surface area contributed by atoms with E-state index >= 15 is 0 Å². The number of aromatic nitrogens is 2. The van der Waals surface area contributed by atoms with Gasteiger partial charge in [-0.1, -0.05) is 54.1 Å². The van der Waals surface area contributed by atoms with Crippen molar-refractivity contribution < 1.29 is 9.13 Å². The van der Waals surface area contributed by atoms with Crippen LogP contribution in [0, 0.1) is 5.82 Å². The molecule has 5 rings (SSSR count). The summed E-state index contributed by atoms with van der Waals surface area (Å²) in [5.41, 5.74) is 3.54. The fraction of sp³-hybridized carbons (Fsp3) is 0.0400. The quantitative estimate of drug-likeness (QED) is 0.285. The predicted molar refractivity (Wildman–Crippen MR) is 128 cm³/mol. The summed E-state index contributed by atoms with van der Waals surface area (Å²) >= 11 is 8.06. The Balaban J connectivity index is 1.36. The number of benzene rings is 3. The van der Waals surface area contributed by atoms with Crippen LogP contribution < -0.4 is 10.1 Å². The number of hydrogen-bond donors (Lipinski definition) is 1. The largest absolute Gasteiger partial charge is 0.487 e. The van der Waals surface area contributed by atoms with Gasteiger partial charge in [0.1, 0.15) is 24.5 Å². The zero-order valence-electron chi connectivity index (χ0n) is 16.8. The monoisotopic (exact) mass is 461 g/mol. The normalized spacial score (nSPS) is 10.9. The summed E-state index contributed by atoms with van der Waals surface area (Å²) in [6.07, 6.45) is 1.55. The molecule has 0 aliphatic carbocycles. The third-order valence-corrected chi connectivity index (χ3v) is 6.32. The van der Waals surface area contributed by atoms with Gasteiger partial charge in [-0.15, -0.1) is 11.3 Å². The summed E-state index contributed by atoms with van der Waals surface area (Å²) in [6, 6.07) is 24.0. The van der Waals surface area contributed by atoms with Gasteiger partial charge in [0.05, 0.1) is 15.2 Å². The first-order chi connectivity index (χ1) is 15.7. The fourth-order valence-electron chi connectivity index (χ4n) is 3.31. The number of halogens is 2. The first-order valence-electron chi connectivity index (χ1n) is 9.89. The highest BCUT2D eigenvalue weighted by molar-refractivity contribution is 7.22. The van der Waals surface area contributed by atoms with Gasteiger partial charge in [-0.2, -0.15) is 0 Å². The molecule has 3 aromatic carbocycles. The van der Waals surface area contributed by atoms with Gasteiger partial charge in [-0.05, 0) is 47.5 Å². The molecule has 32 heavy (non-hydrogen) atoms. The van der Waals surface area contributed by atoms with Crippen molar-refractivity contribution in [1.29, 1.82) is 0 Å². The molecule has 0 bridgehead atoms. The smallest absolute Gasteiger partial charge is 0.151 e. The molecule has 1 N–H and O–H groups in total. The molecule has 0 atom stereocenters. The van der Waals surface area contributed by atoms with Gasteiger partial charge in [-0.25, -0.2) is 14.4 Å². The molecule has 0 unspecified atom stereocenters. The van der Waals surface area contributed by atoms with Crippen LogP contribution in [0.25, 0.3) is 20.7 Å². The predicted octanol–water partition coefficient (Wildman–Crippen LogP) is 7.47. The topological polar surface area (TPSA) is 47.0 Å². The number of thiophene rings is 1. The van der Waals surface area contributed by atoms with Crippen LogP contribution in [0.2, 0.25) is 5.02 Å². The molecule has 0 saturated carbocycles. The second kappa shape index (κ2) is 8.94. The highest BCUT2D eigenvalue weighted by atomic mass is 35.5. The van der Waals surface area contributed by atoms with Gasteiger partial charge in [0, 0.05) is 10.6 Å². The molecule has 5 aromatic rings. The fourth-order valence-corrected chi connectivity index (χ4v) is 4.60. The van der Waals surface area contributed by atoms with Crippen LogP contribution in [0.5, 0.6) is 5.75 Å². The lowest BCUT2D eigenvalue weighted by atomic mass is 10.2. The minimum absolute atomic E-state index is 0.230. The minimum atomic E-state index is -0.295. The van der Waals surface area contributed by atoms with E-state index in [0.29, 0.717) is 16.6 Å². The van der Waals surface area contributed by atoms with Crippen LogP contribution in [0.3, 0.4) is 0 Å². The average Bonchev–Trinajstić information content (AvgIpc) is 3.25. The van der Waals surface area contributed by atoms with Gasteiger partial charge in [-0.3, -0.25) is 0 Å². The van der Waals surface area contributed by atoms with Gasteiger partial charge in [0.2, 0.25) is 0 Å².